The molecule has 1 aliphatic rings. The number of hydrogen-bond donors (Lipinski definition) is 2. The number of carbonyl (C=O) groups excluding carboxylic acids is 1. The Morgan fingerprint density at radius 3 is 2.44 bits per heavy atom. The standard InChI is InChI=1S/C10H11NO3.C2H6/c1-5-8-6(3-2-4-7(8)12)11-9(5)10(13)14;1-2/h11H,2-4H2,1H3,(H,13,14);1-2H3. The predicted octanol–water partition coefficient (Wildman–Crippen LogP) is 2.57. The minimum atomic E-state index is -0.996. The van der Waals surface area contributed by atoms with Crippen LogP contribution in [0.3, 0.4) is 0 Å². The van der Waals surface area contributed by atoms with E-state index in [1.54, 1.807) is 6.92 Å². The molecule has 1 aromatic rings. The Hall–Kier alpha value is -1.58. The first-order valence-electron chi connectivity index (χ1n) is 5.59. The van der Waals surface area contributed by atoms with Crippen molar-refractivity contribution >= 4 is 11.8 Å². The first-order valence-corrected chi connectivity index (χ1v) is 5.59. The zero-order chi connectivity index (χ0) is 12.3. The minimum Gasteiger partial charge on any atom is -0.477 e. The van der Waals surface area contributed by atoms with E-state index in [4.69, 9.17) is 5.11 Å². The number of rotatable bonds is 1. The summed E-state index contributed by atoms with van der Waals surface area (Å²) in [6.07, 6.45) is 2.12. The zero-order valence-electron chi connectivity index (χ0n) is 9.89. The van der Waals surface area contributed by atoms with Gasteiger partial charge in [0.2, 0.25) is 0 Å². The highest BCUT2D eigenvalue weighted by Gasteiger charge is 2.25. The molecule has 4 heteroatoms. The SMILES string of the molecule is CC.Cc1c(C(=O)O)[nH]c2c1C(=O)CCC2. The van der Waals surface area contributed by atoms with E-state index >= 15 is 0 Å². The molecule has 88 valence electrons. The molecule has 0 bridgehead atoms. The van der Waals surface area contributed by atoms with E-state index < -0.39 is 5.97 Å². The molecule has 0 atom stereocenters. The van der Waals surface area contributed by atoms with Crippen LogP contribution >= 0.6 is 0 Å². The first-order chi connectivity index (χ1) is 7.61. The molecule has 2 N–H and O–H groups in total. The van der Waals surface area contributed by atoms with Crippen molar-refractivity contribution in [1.29, 1.82) is 0 Å². The van der Waals surface area contributed by atoms with Gasteiger partial charge in [0.15, 0.2) is 5.78 Å². The number of hydrogen-bond acceptors (Lipinski definition) is 2. The van der Waals surface area contributed by atoms with E-state index in [0.717, 1.165) is 18.5 Å². The van der Waals surface area contributed by atoms with Gasteiger partial charge in [-0.1, -0.05) is 13.8 Å². The van der Waals surface area contributed by atoms with Crippen molar-refractivity contribution in [2.75, 3.05) is 0 Å². The summed E-state index contributed by atoms with van der Waals surface area (Å²) in [5, 5.41) is 8.86. The van der Waals surface area contributed by atoms with Crippen LogP contribution in [0.5, 0.6) is 0 Å². The van der Waals surface area contributed by atoms with Gasteiger partial charge in [-0.2, -0.15) is 0 Å². The number of H-pyrrole nitrogens is 1. The van der Waals surface area contributed by atoms with Crippen LogP contribution in [0.2, 0.25) is 0 Å². The average Bonchev–Trinajstić information content (AvgIpc) is 2.60. The largest absolute Gasteiger partial charge is 0.477 e. The highest BCUT2D eigenvalue weighted by Crippen LogP contribution is 2.26. The summed E-state index contributed by atoms with van der Waals surface area (Å²) in [6.45, 7) is 5.68. The van der Waals surface area contributed by atoms with Gasteiger partial charge in [0, 0.05) is 17.7 Å². The third kappa shape index (κ3) is 2.01. The lowest BCUT2D eigenvalue weighted by atomic mass is 9.94. The quantitative estimate of drug-likeness (QED) is 0.768. The van der Waals surface area contributed by atoms with Gasteiger partial charge in [-0.15, -0.1) is 0 Å². The molecule has 0 aliphatic heterocycles. The summed E-state index contributed by atoms with van der Waals surface area (Å²) in [6, 6.07) is 0. The molecular formula is C12H17NO3. The molecule has 0 spiro atoms. The number of aromatic nitrogens is 1. The van der Waals surface area contributed by atoms with E-state index in [1.165, 1.54) is 0 Å². The second kappa shape index (κ2) is 4.96. The van der Waals surface area contributed by atoms with E-state index in [2.05, 4.69) is 4.98 Å². The monoisotopic (exact) mass is 223 g/mol. The number of carboxylic acid groups (broad SMARTS) is 1. The molecule has 0 amide bonds. The minimum absolute atomic E-state index is 0.0625. The summed E-state index contributed by atoms with van der Waals surface area (Å²) in [5.41, 5.74) is 2.13. The Kier molecular flexibility index (Phi) is 3.88. The van der Waals surface area contributed by atoms with Gasteiger partial charge >= 0.3 is 5.97 Å². The molecule has 1 heterocycles. The zero-order valence-corrected chi connectivity index (χ0v) is 9.89. The number of ketones is 1. The molecule has 2 rings (SSSR count). The molecule has 1 aromatic heterocycles. The number of Topliss-reactive ketones (excluding diaryl/α,β-unsaturated/α-hetero) is 1. The van der Waals surface area contributed by atoms with Crippen LogP contribution < -0.4 is 0 Å². The maximum absolute atomic E-state index is 11.5. The fraction of sp³-hybridized carbons (Fsp3) is 0.500. The molecule has 4 nitrogen and oxygen atoms in total. The lowest BCUT2D eigenvalue weighted by Crippen LogP contribution is -2.09. The Balaban J connectivity index is 0.000000606. The van der Waals surface area contributed by atoms with Gasteiger partial charge < -0.3 is 10.1 Å². The highest BCUT2D eigenvalue weighted by molar-refractivity contribution is 6.02. The van der Waals surface area contributed by atoms with Crippen LogP contribution in [-0.4, -0.2) is 21.8 Å². The lowest BCUT2D eigenvalue weighted by Gasteiger charge is -2.09. The molecular weight excluding hydrogens is 206 g/mol. The molecule has 1 aliphatic carbocycles. The van der Waals surface area contributed by atoms with Crippen molar-refractivity contribution in [2.45, 2.75) is 40.0 Å². The normalized spacial score (nSPS) is 13.8. The van der Waals surface area contributed by atoms with Crippen LogP contribution in [0.4, 0.5) is 0 Å². The van der Waals surface area contributed by atoms with Gasteiger partial charge in [0.25, 0.3) is 0 Å². The second-order valence-electron chi connectivity index (χ2n) is 3.56. The summed E-state index contributed by atoms with van der Waals surface area (Å²) in [7, 11) is 0. The van der Waals surface area contributed by atoms with Gasteiger partial charge in [-0.05, 0) is 25.3 Å². The topological polar surface area (TPSA) is 70.2 Å². The van der Waals surface area contributed by atoms with Crippen molar-refractivity contribution in [1.82, 2.24) is 4.98 Å². The maximum Gasteiger partial charge on any atom is 0.352 e. The lowest BCUT2D eigenvalue weighted by molar-refractivity contribution is 0.0690. The number of aryl methyl sites for hydroxylation is 1. The number of aromatic carboxylic acids is 1. The summed E-state index contributed by atoms with van der Waals surface area (Å²) >= 11 is 0. The molecule has 0 fully saturated rings. The summed E-state index contributed by atoms with van der Waals surface area (Å²) in [5.74, 6) is -0.933. The van der Waals surface area contributed by atoms with Crippen LogP contribution in [0, 0.1) is 6.92 Å². The maximum atomic E-state index is 11.5. The molecule has 0 unspecified atom stereocenters. The van der Waals surface area contributed by atoms with E-state index in [-0.39, 0.29) is 11.5 Å². The smallest absolute Gasteiger partial charge is 0.352 e. The van der Waals surface area contributed by atoms with Gasteiger partial charge in [-0.25, -0.2) is 4.79 Å². The predicted molar refractivity (Wildman–Crippen MR) is 61.1 cm³/mol. The van der Waals surface area contributed by atoms with Crippen molar-refractivity contribution in [3.05, 3.63) is 22.5 Å². The van der Waals surface area contributed by atoms with Crippen molar-refractivity contribution in [3.8, 4) is 0 Å². The van der Waals surface area contributed by atoms with Crippen molar-refractivity contribution in [3.63, 3.8) is 0 Å². The second-order valence-corrected chi connectivity index (χ2v) is 3.56. The molecule has 0 saturated heterocycles. The number of aromatic amines is 1. The van der Waals surface area contributed by atoms with Gasteiger partial charge in [0.05, 0.1) is 0 Å². The molecule has 16 heavy (non-hydrogen) atoms. The summed E-state index contributed by atoms with van der Waals surface area (Å²) in [4.78, 5) is 25.1. The molecule has 0 aromatic carbocycles. The van der Waals surface area contributed by atoms with Crippen LogP contribution in [0.1, 0.15) is 58.8 Å². The molecule has 0 radical (unpaired) electrons. The fourth-order valence-corrected chi connectivity index (χ4v) is 1.99. The third-order valence-corrected chi connectivity index (χ3v) is 2.65. The van der Waals surface area contributed by atoms with Gasteiger partial charge in [-0.3, -0.25) is 4.79 Å². The third-order valence-electron chi connectivity index (χ3n) is 2.65. The number of carbonyl (C=O) groups is 2. The Bertz CT molecular complexity index is 418. The molecule has 0 saturated carbocycles. The van der Waals surface area contributed by atoms with Crippen molar-refractivity contribution in [2.24, 2.45) is 0 Å². The van der Waals surface area contributed by atoms with Crippen LogP contribution in [0.25, 0.3) is 0 Å². The van der Waals surface area contributed by atoms with E-state index in [1.807, 2.05) is 13.8 Å². The van der Waals surface area contributed by atoms with Crippen LogP contribution in [0.15, 0.2) is 0 Å². The first kappa shape index (κ1) is 12.5. The van der Waals surface area contributed by atoms with Crippen molar-refractivity contribution < 1.29 is 14.7 Å². The average molecular weight is 223 g/mol. The number of nitrogens with one attached hydrogen (secondary N) is 1. The fourth-order valence-electron chi connectivity index (χ4n) is 1.99. The number of fused-ring (bicyclic) bond motifs is 1. The highest BCUT2D eigenvalue weighted by atomic mass is 16.4. The number of carboxylic acids is 1. The van der Waals surface area contributed by atoms with Crippen LogP contribution in [-0.2, 0) is 6.42 Å². The Morgan fingerprint density at radius 2 is 1.94 bits per heavy atom. The van der Waals surface area contributed by atoms with Gasteiger partial charge in [0.1, 0.15) is 5.69 Å². The Morgan fingerprint density at radius 1 is 1.31 bits per heavy atom. The summed E-state index contributed by atoms with van der Waals surface area (Å²) < 4.78 is 0. The van der Waals surface area contributed by atoms with E-state index in [9.17, 15) is 9.59 Å². The van der Waals surface area contributed by atoms with E-state index in [0.29, 0.717) is 17.5 Å². The Labute approximate surface area is 94.7 Å².